The Morgan fingerprint density at radius 1 is 1.15 bits per heavy atom. The molecule has 7 nitrogen and oxygen atoms in total. The molecule has 1 aliphatic carbocycles. The van der Waals surface area contributed by atoms with E-state index in [4.69, 9.17) is 9.15 Å². The van der Waals surface area contributed by atoms with Crippen LogP contribution < -0.4 is 5.32 Å². The number of piperidine rings is 1. The van der Waals surface area contributed by atoms with Crippen LogP contribution in [0, 0.1) is 5.92 Å². The maximum absolute atomic E-state index is 12.0. The highest BCUT2D eigenvalue weighted by Crippen LogP contribution is 2.39. The van der Waals surface area contributed by atoms with Crippen LogP contribution in [0.15, 0.2) is 4.42 Å². The third kappa shape index (κ3) is 5.04. The minimum atomic E-state index is 0.168. The smallest absolute Gasteiger partial charge is 0.230 e. The van der Waals surface area contributed by atoms with E-state index in [2.05, 4.69) is 20.4 Å². The predicted octanol–water partition coefficient (Wildman–Crippen LogP) is 2.23. The molecule has 0 radical (unpaired) electrons. The summed E-state index contributed by atoms with van der Waals surface area (Å²) >= 11 is 0. The summed E-state index contributed by atoms with van der Waals surface area (Å²) in [6, 6.07) is 0. The molecule has 0 bridgehead atoms. The van der Waals surface area contributed by atoms with Crippen molar-refractivity contribution < 1.29 is 13.9 Å². The fourth-order valence-electron chi connectivity index (χ4n) is 3.91. The molecule has 2 aliphatic heterocycles. The first-order valence-corrected chi connectivity index (χ1v) is 10.2. The van der Waals surface area contributed by atoms with Crippen molar-refractivity contribution in [2.45, 2.75) is 69.9 Å². The van der Waals surface area contributed by atoms with Crippen LogP contribution in [0.3, 0.4) is 0 Å². The number of carbonyl (C=O) groups excluding carboxylic acids is 1. The lowest BCUT2D eigenvalue weighted by atomic mass is 9.92. The minimum Gasteiger partial charge on any atom is -0.424 e. The number of aromatic nitrogens is 2. The average Bonchev–Trinajstić information content (AvgIpc) is 3.17. The zero-order chi connectivity index (χ0) is 17.8. The third-order valence-corrected chi connectivity index (χ3v) is 5.81. The Kier molecular flexibility index (Phi) is 5.84. The van der Waals surface area contributed by atoms with Gasteiger partial charge in [0.05, 0.1) is 12.6 Å². The fraction of sp³-hybridized carbons (Fsp3) is 0.842. The molecule has 1 atom stereocenters. The second kappa shape index (κ2) is 8.48. The molecule has 3 aliphatic rings. The molecule has 1 aromatic rings. The van der Waals surface area contributed by atoms with Gasteiger partial charge < -0.3 is 14.5 Å². The lowest BCUT2D eigenvalue weighted by molar-refractivity contribution is -0.122. The number of nitrogens with one attached hydrogen (secondary N) is 1. The Bertz CT molecular complexity index is 587. The number of carbonyl (C=O) groups is 1. The fourth-order valence-corrected chi connectivity index (χ4v) is 3.91. The van der Waals surface area contributed by atoms with Gasteiger partial charge in [-0.15, -0.1) is 10.2 Å². The molecule has 144 valence electrons. The van der Waals surface area contributed by atoms with Crippen molar-refractivity contribution in [3.8, 4) is 0 Å². The first-order valence-electron chi connectivity index (χ1n) is 10.2. The molecule has 1 aromatic heterocycles. The molecule has 0 spiro atoms. The zero-order valence-electron chi connectivity index (χ0n) is 15.5. The molecule has 1 N–H and O–H groups in total. The highest BCUT2D eigenvalue weighted by molar-refractivity contribution is 5.75. The van der Waals surface area contributed by atoms with Crippen LogP contribution in [-0.4, -0.2) is 53.3 Å². The molecular formula is C19H30N4O3. The van der Waals surface area contributed by atoms with Crippen molar-refractivity contribution in [2.75, 3.05) is 26.2 Å². The van der Waals surface area contributed by atoms with Crippen LogP contribution in [-0.2, 0) is 16.1 Å². The van der Waals surface area contributed by atoms with Crippen LogP contribution in [0.25, 0.3) is 0 Å². The summed E-state index contributed by atoms with van der Waals surface area (Å²) in [5, 5.41) is 11.4. The van der Waals surface area contributed by atoms with Gasteiger partial charge in [-0.1, -0.05) is 0 Å². The van der Waals surface area contributed by atoms with E-state index in [0.29, 0.717) is 24.8 Å². The third-order valence-electron chi connectivity index (χ3n) is 5.81. The molecule has 7 heteroatoms. The van der Waals surface area contributed by atoms with E-state index < -0.39 is 0 Å². The summed E-state index contributed by atoms with van der Waals surface area (Å²) in [5.41, 5.74) is 0. The van der Waals surface area contributed by atoms with E-state index in [1.54, 1.807) is 0 Å². The van der Waals surface area contributed by atoms with E-state index in [0.717, 1.165) is 70.1 Å². The molecule has 2 saturated heterocycles. The number of ether oxygens (including phenoxy) is 1. The zero-order valence-corrected chi connectivity index (χ0v) is 15.5. The van der Waals surface area contributed by atoms with Crippen LogP contribution >= 0.6 is 0 Å². The lowest BCUT2D eigenvalue weighted by Crippen LogP contribution is -2.35. The summed E-state index contributed by atoms with van der Waals surface area (Å²) < 4.78 is 11.3. The summed E-state index contributed by atoms with van der Waals surface area (Å²) in [7, 11) is 0. The quantitative estimate of drug-likeness (QED) is 0.764. The monoisotopic (exact) mass is 362 g/mol. The number of amides is 1. The number of likely N-dealkylation sites (tertiary alicyclic amines) is 1. The van der Waals surface area contributed by atoms with Crippen molar-refractivity contribution in [3.05, 3.63) is 11.8 Å². The second-order valence-electron chi connectivity index (χ2n) is 8.01. The van der Waals surface area contributed by atoms with Gasteiger partial charge in [0.1, 0.15) is 0 Å². The van der Waals surface area contributed by atoms with Gasteiger partial charge in [0.2, 0.25) is 17.7 Å². The van der Waals surface area contributed by atoms with Crippen LogP contribution in [0.1, 0.15) is 69.1 Å². The molecule has 3 fully saturated rings. The van der Waals surface area contributed by atoms with Gasteiger partial charge in [0, 0.05) is 25.5 Å². The number of rotatable bonds is 8. The normalized spacial score (nSPS) is 24.8. The van der Waals surface area contributed by atoms with Crippen molar-refractivity contribution >= 4 is 5.91 Å². The van der Waals surface area contributed by atoms with E-state index in [-0.39, 0.29) is 12.0 Å². The van der Waals surface area contributed by atoms with Gasteiger partial charge in [-0.3, -0.25) is 9.69 Å². The molecule has 0 aromatic carbocycles. The van der Waals surface area contributed by atoms with Crippen LogP contribution in [0.5, 0.6) is 0 Å². The minimum absolute atomic E-state index is 0.168. The molecule has 1 amide bonds. The first kappa shape index (κ1) is 17.9. The lowest BCUT2D eigenvalue weighted by Gasteiger charge is -2.30. The second-order valence-corrected chi connectivity index (χ2v) is 8.01. The Labute approximate surface area is 154 Å². The Morgan fingerprint density at radius 3 is 2.73 bits per heavy atom. The van der Waals surface area contributed by atoms with Crippen LogP contribution in [0.2, 0.25) is 0 Å². The maximum atomic E-state index is 12.0. The Hall–Kier alpha value is -1.47. The summed E-state index contributed by atoms with van der Waals surface area (Å²) in [4.78, 5) is 14.4. The summed E-state index contributed by atoms with van der Waals surface area (Å²) in [6.45, 7) is 4.36. The summed E-state index contributed by atoms with van der Waals surface area (Å²) in [5.74, 6) is 2.90. The Morgan fingerprint density at radius 2 is 2.00 bits per heavy atom. The number of hydrogen-bond acceptors (Lipinski definition) is 6. The van der Waals surface area contributed by atoms with Gasteiger partial charge in [-0.25, -0.2) is 0 Å². The Balaban J connectivity index is 1.10. The average molecular weight is 362 g/mol. The number of nitrogens with zero attached hydrogens (tertiary/aromatic N) is 3. The van der Waals surface area contributed by atoms with E-state index in [9.17, 15) is 4.79 Å². The largest absolute Gasteiger partial charge is 0.424 e. The van der Waals surface area contributed by atoms with Gasteiger partial charge >= 0.3 is 0 Å². The van der Waals surface area contributed by atoms with Crippen molar-refractivity contribution in [1.82, 2.24) is 20.4 Å². The molecule has 26 heavy (non-hydrogen) atoms. The SMILES string of the molecule is O=C(CCC1CCN(Cc2nnc(C3CC3)o2)CC1)NCC1CCCO1. The van der Waals surface area contributed by atoms with Crippen molar-refractivity contribution in [3.63, 3.8) is 0 Å². The highest BCUT2D eigenvalue weighted by atomic mass is 16.5. The van der Waals surface area contributed by atoms with E-state index in [1.807, 2.05) is 0 Å². The topological polar surface area (TPSA) is 80.5 Å². The highest BCUT2D eigenvalue weighted by Gasteiger charge is 2.30. The standard InChI is InChI=1S/C19H30N4O3/c24-17(20-12-16-2-1-11-25-16)6-3-14-7-9-23(10-8-14)13-18-21-22-19(26-18)15-4-5-15/h14-16H,1-13H2,(H,20,24). The first-order chi connectivity index (χ1) is 12.8. The van der Waals surface area contributed by atoms with E-state index >= 15 is 0 Å². The molecule has 1 unspecified atom stereocenters. The van der Waals surface area contributed by atoms with E-state index in [1.165, 1.54) is 12.8 Å². The molecule has 3 heterocycles. The van der Waals surface area contributed by atoms with Gasteiger partial charge in [0.15, 0.2) is 0 Å². The molecular weight excluding hydrogens is 332 g/mol. The van der Waals surface area contributed by atoms with Gasteiger partial charge in [0.25, 0.3) is 0 Å². The molecule has 1 saturated carbocycles. The van der Waals surface area contributed by atoms with Crippen LogP contribution in [0.4, 0.5) is 0 Å². The predicted molar refractivity (Wildman–Crippen MR) is 95.5 cm³/mol. The maximum Gasteiger partial charge on any atom is 0.230 e. The van der Waals surface area contributed by atoms with Gasteiger partial charge in [-0.05, 0) is 64.0 Å². The van der Waals surface area contributed by atoms with Gasteiger partial charge in [-0.2, -0.15) is 0 Å². The number of hydrogen-bond donors (Lipinski definition) is 1. The molecule has 4 rings (SSSR count). The summed E-state index contributed by atoms with van der Waals surface area (Å²) in [6.07, 6.45) is 8.69. The van der Waals surface area contributed by atoms with Crippen molar-refractivity contribution in [1.29, 1.82) is 0 Å². The van der Waals surface area contributed by atoms with Crippen molar-refractivity contribution in [2.24, 2.45) is 5.92 Å².